The lowest BCUT2D eigenvalue weighted by atomic mass is 9.88. The highest BCUT2D eigenvalue weighted by Gasteiger charge is 2.11. The number of hydrogen-bond donors (Lipinski definition) is 0. The Morgan fingerprint density at radius 1 is 1.18 bits per heavy atom. The van der Waals surface area contributed by atoms with E-state index in [1.165, 1.54) is 37.9 Å². The van der Waals surface area contributed by atoms with Crippen molar-refractivity contribution in [3.8, 4) is 0 Å². The van der Waals surface area contributed by atoms with Crippen molar-refractivity contribution < 1.29 is 0 Å². The molecule has 0 radical (unpaired) electrons. The molecule has 0 bridgehead atoms. The second-order valence-corrected chi connectivity index (χ2v) is 5.51. The molecule has 2 unspecified atom stereocenters. The number of rotatable bonds is 3. The van der Waals surface area contributed by atoms with Crippen molar-refractivity contribution in [2.45, 2.75) is 33.1 Å². The molecule has 0 spiro atoms. The standard InChI is InChI=1S/C16H25N/c1-14-8-9-16(13-15(14)2)7-6-12-17-10-4-3-5-11-17/h6-9,13-15H,3-5,10-12H2,1-2H3/b7-6+. The summed E-state index contributed by atoms with van der Waals surface area (Å²) in [5, 5.41) is 0. The largest absolute Gasteiger partial charge is 0.300 e. The molecule has 1 heterocycles. The van der Waals surface area contributed by atoms with Gasteiger partial charge in [0, 0.05) is 6.54 Å². The van der Waals surface area contributed by atoms with Gasteiger partial charge in [0.25, 0.3) is 0 Å². The minimum absolute atomic E-state index is 0.676. The summed E-state index contributed by atoms with van der Waals surface area (Å²) < 4.78 is 0. The highest BCUT2D eigenvalue weighted by atomic mass is 15.1. The Bertz CT molecular complexity index is 318. The molecule has 1 aliphatic heterocycles. The van der Waals surface area contributed by atoms with Crippen molar-refractivity contribution in [2.24, 2.45) is 11.8 Å². The normalized spacial score (nSPS) is 30.8. The molecule has 0 N–H and O–H groups in total. The fraction of sp³-hybridized carbons (Fsp3) is 0.625. The minimum Gasteiger partial charge on any atom is -0.300 e. The van der Waals surface area contributed by atoms with Crippen molar-refractivity contribution in [1.29, 1.82) is 0 Å². The molecule has 1 heteroatoms. The smallest absolute Gasteiger partial charge is 0.0166 e. The van der Waals surface area contributed by atoms with Gasteiger partial charge in [0.05, 0.1) is 0 Å². The SMILES string of the molecule is CC1C=CC(/C=C/CN2CCCCC2)=CC1C. The Balaban J connectivity index is 1.80. The minimum atomic E-state index is 0.676. The topological polar surface area (TPSA) is 3.24 Å². The third-order valence-corrected chi connectivity index (χ3v) is 4.00. The third kappa shape index (κ3) is 3.85. The molecule has 1 nitrogen and oxygen atoms in total. The predicted octanol–water partition coefficient (Wildman–Crippen LogP) is 3.80. The molecule has 2 rings (SSSR count). The molecule has 94 valence electrons. The second-order valence-electron chi connectivity index (χ2n) is 5.51. The van der Waals surface area contributed by atoms with E-state index in [4.69, 9.17) is 0 Å². The summed E-state index contributed by atoms with van der Waals surface area (Å²) in [6.45, 7) is 8.27. The summed E-state index contributed by atoms with van der Waals surface area (Å²) in [6.07, 6.45) is 15.8. The van der Waals surface area contributed by atoms with Crippen molar-refractivity contribution >= 4 is 0 Å². The van der Waals surface area contributed by atoms with E-state index in [9.17, 15) is 0 Å². The first-order valence-electron chi connectivity index (χ1n) is 7.04. The van der Waals surface area contributed by atoms with Gasteiger partial charge in [-0.25, -0.2) is 0 Å². The number of piperidine rings is 1. The Hall–Kier alpha value is -0.820. The maximum atomic E-state index is 2.55. The zero-order valence-corrected chi connectivity index (χ0v) is 11.2. The molecule has 0 aromatic carbocycles. The van der Waals surface area contributed by atoms with E-state index in [1.54, 1.807) is 0 Å². The van der Waals surface area contributed by atoms with Gasteiger partial charge in [0.2, 0.25) is 0 Å². The predicted molar refractivity (Wildman–Crippen MR) is 75.0 cm³/mol. The van der Waals surface area contributed by atoms with Gasteiger partial charge >= 0.3 is 0 Å². The molecular formula is C16H25N. The number of allylic oxidation sites excluding steroid dienone is 5. The zero-order valence-electron chi connectivity index (χ0n) is 11.2. The zero-order chi connectivity index (χ0) is 12.1. The highest BCUT2D eigenvalue weighted by Crippen LogP contribution is 2.22. The molecule has 1 aliphatic carbocycles. The van der Waals surface area contributed by atoms with Gasteiger partial charge in [0.1, 0.15) is 0 Å². The van der Waals surface area contributed by atoms with Crippen LogP contribution in [0.5, 0.6) is 0 Å². The molecular weight excluding hydrogens is 206 g/mol. The summed E-state index contributed by atoms with van der Waals surface area (Å²) in [6, 6.07) is 0. The highest BCUT2D eigenvalue weighted by molar-refractivity contribution is 5.34. The van der Waals surface area contributed by atoms with Gasteiger partial charge in [-0.15, -0.1) is 0 Å². The van der Waals surface area contributed by atoms with E-state index in [-0.39, 0.29) is 0 Å². The Kier molecular flexibility index (Phi) is 4.61. The summed E-state index contributed by atoms with van der Waals surface area (Å²) in [5.41, 5.74) is 1.38. The van der Waals surface area contributed by atoms with E-state index < -0.39 is 0 Å². The number of hydrogen-bond acceptors (Lipinski definition) is 1. The van der Waals surface area contributed by atoms with Crippen LogP contribution >= 0.6 is 0 Å². The van der Waals surface area contributed by atoms with Crippen LogP contribution in [0.4, 0.5) is 0 Å². The van der Waals surface area contributed by atoms with Crippen LogP contribution in [0.1, 0.15) is 33.1 Å². The van der Waals surface area contributed by atoms with Gasteiger partial charge in [0.15, 0.2) is 0 Å². The average molecular weight is 231 g/mol. The molecule has 0 amide bonds. The van der Waals surface area contributed by atoms with Gasteiger partial charge < -0.3 is 0 Å². The summed E-state index contributed by atoms with van der Waals surface area (Å²) in [5.74, 6) is 1.36. The van der Waals surface area contributed by atoms with Crippen molar-refractivity contribution in [1.82, 2.24) is 4.90 Å². The van der Waals surface area contributed by atoms with Gasteiger partial charge in [-0.1, -0.05) is 50.6 Å². The van der Waals surface area contributed by atoms with E-state index in [1.807, 2.05) is 0 Å². The lowest BCUT2D eigenvalue weighted by molar-refractivity contribution is 0.251. The van der Waals surface area contributed by atoms with Gasteiger partial charge in [-0.05, 0) is 43.3 Å². The van der Waals surface area contributed by atoms with Crippen LogP contribution in [-0.4, -0.2) is 24.5 Å². The first-order chi connectivity index (χ1) is 8.25. The lowest BCUT2D eigenvalue weighted by Crippen LogP contribution is -2.29. The lowest BCUT2D eigenvalue weighted by Gasteiger charge is -2.25. The number of nitrogens with zero attached hydrogens (tertiary/aromatic N) is 1. The van der Waals surface area contributed by atoms with E-state index >= 15 is 0 Å². The molecule has 0 aromatic heterocycles. The average Bonchev–Trinajstić information content (AvgIpc) is 2.35. The van der Waals surface area contributed by atoms with E-state index in [0.29, 0.717) is 11.8 Å². The molecule has 1 fully saturated rings. The Morgan fingerprint density at radius 2 is 1.94 bits per heavy atom. The quantitative estimate of drug-likeness (QED) is 0.714. The maximum absolute atomic E-state index is 2.55. The van der Waals surface area contributed by atoms with Crippen LogP contribution in [-0.2, 0) is 0 Å². The molecule has 0 saturated carbocycles. The van der Waals surface area contributed by atoms with E-state index in [0.717, 1.165) is 6.54 Å². The molecule has 1 saturated heterocycles. The van der Waals surface area contributed by atoms with Crippen LogP contribution in [0, 0.1) is 11.8 Å². The van der Waals surface area contributed by atoms with Crippen LogP contribution in [0.3, 0.4) is 0 Å². The number of likely N-dealkylation sites (tertiary alicyclic amines) is 1. The fourth-order valence-electron chi connectivity index (χ4n) is 2.54. The van der Waals surface area contributed by atoms with Crippen molar-refractivity contribution in [2.75, 3.05) is 19.6 Å². The van der Waals surface area contributed by atoms with Crippen LogP contribution < -0.4 is 0 Å². The fourth-order valence-corrected chi connectivity index (χ4v) is 2.54. The molecule has 0 aromatic rings. The summed E-state index contributed by atoms with van der Waals surface area (Å²) in [4.78, 5) is 2.55. The molecule has 2 atom stereocenters. The Morgan fingerprint density at radius 3 is 2.65 bits per heavy atom. The van der Waals surface area contributed by atoms with Crippen molar-refractivity contribution in [3.63, 3.8) is 0 Å². The van der Waals surface area contributed by atoms with Crippen LogP contribution in [0.15, 0.2) is 36.0 Å². The monoisotopic (exact) mass is 231 g/mol. The maximum Gasteiger partial charge on any atom is 0.0166 e. The summed E-state index contributed by atoms with van der Waals surface area (Å²) >= 11 is 0. The molecule has 2 aliphatic rings. The first kappa shape index (κ1) is 12.6. The molecule has 17 heavy (non-hydrogen) atoms. The third-order valence-electron chi connectivity index (χ3n) is 4.00. The van der Waals surface area contributed by atoms with Gasteiger partial charge in [-0.2, -0.15) is 0 Å². The van der Waals surface area contributed by atoms with E-state index in [2.05, 4.69) is 49.1 Å². The first-order valence-corrected chi connectivity index (χ1v) is 7.04. The second kappa shape index (κ2) is 6.20. The van der Waals surface area contributed by atoms with Crippen LogP contribution in [0.25, 0.3) is 0 Å². The van der Waals surface area contributed by atoms with Gasteiger partial charge in [-0.3, -0.25) is 4.90 Å². The summed E-state index contributed by atoms with van der Waals surface area (Å²) in [7, 11) is 0. The van der Waals surface area contributed by atoms with Crippen LogP contribution in [0.2, 0.25) is 0 Å². The Labute approximate surface area is 106 Å². The van der Waals surface area contributed by atoms with Crippen molar-refractivity contribution in [3.05, 3.63) is 36.0 Å².